The SMILES string of the molecule is CN(CC(C)(C)CN)C(=O)c1[nH]nc(-c2ccccc2)c1Br. The Morgan fingerprint density at radius 2 is 2.00 bits per heavy atom. The molecule has 0 aliphatic heterocycles. The summed E-state index contributed by atoms with van der Waals surface area (Å²) in [4.78, 5) is 14.3. The van der Waals surface area contributed by atoms with Crippen LogP contribution in [0.5, 0.6) is 0 Å². The molecule has 1 amide bonds. The van der Waals surface area contributed by atoms with Crippen molar-refractivity contribution in [2.24, 2.45) is 11.1 Å². The Hall–Kier alpha value is -1.66. The average Bonchev–Trinajstić information content (AvgIpc) is 2.88. The van der Waals surface area contributed by atoms with Gasteiger partial charge in [0, 0.05) is 19.2 Å². The summed E-state index contributed by atoms with van der Waals surface area (Å²) in [5.74, 6) is -0.108. The number of hydrogen-bond donors (Lipinski definition) is 2. The van der Waals surface area contributed by atoms with E-state index in [1.807, 2.05) is 44.2 Å². The highest BCUT2D eigenvalue weighted by Crippen LogP contribution is 2.29. The zero-order valence-electron chi connectivity index (χ0n) is 13.1. The van der Waals surface area contributed by atoms with Gasteiger partial charge in [-0.25, -0.2) is 0 Å². The summed E-state index contributed by atoms with van der Waals surface area (Å²) in [5.41, 5.74) is 7.75. The molecule has 0 aliphatic rings. The van der Waals surface area contributed by atoms with E-state index in [1.165, 1.54) is 0 Å². The van der Waals surface area contributed by atoms with Gasteiger partial charge in [0.15, 0.2) is 0 Å². The van der Waals surface area contributed by atoms with Gasteiger partial charge >= 0.3 is 0 Å². The molecule has 0 unspecified atom stereocenters. The summed E-state index contributed by atoms with van der Waals surface area (Å²) >= 11 is 3.49. The Morgan fingerprint density at radius 1 is 1.36 bits per heavy atom. The van der Waals surface area contributed by atoms with Gasteiger partial charge in [0.2, 0.25) is 0 Å². The molecule has 118 valence electrons. The first-order valence-corrected chi connectivity index (χ1v) is 7.90. The maximum absolute atomic E-state index is 12.6. The van der Waals surface area contributed by atoms with Gasteiger partial charge in [0.05, 0.1) is 4.47 Å². The van der Waals surface area contributed by atoms with Crippen LogP contribution in [-0.2, 0) is 0 Å². The molecule has 0 saturated carbocycles. The van der Waals surface area contributed by atoms with E-state index in [2.05, 4.69) is 26.1 Å². The third-order valence-electron chi connectivity index (χ3n) is 3.53. The van der Waals surface area contributed by atoms with Crippen molar-refractivity contribution in [3.05, 3.63) is 40.5 Å². The van der Waals surface area contributed by atoms with E-state index >= 15 is 0 Å². The lowest BCUT2D eigenvalue weighted by atomic mass is 9.93. The number of hydrogen-bond acceptors (Lipinski definition) is 3. The number of nitrogens with zero attached hydrogens (tertiary/aromatic N) is 2. The Bertz CT molecular complexity index is 651. The molecule has 0 bridgehead atoms. The highest BCUT2D eigenvalue weighted by atomic mass is 79.9. The van der Waals surface area contributed by atoms with Crippen LogP contribution < -0.4 is 5.73 Å². The van der Waals surface area contributed by atoms with Crippen LogP contribution in [0.25, 0.3) is 11.3 Å². The van der Waals surface area contributed by atoms with Crippen LogP contribution in [0.15, 0.2) is 34.8 Å². The third-order valence-corrected chi connectivity index (χ3v) is 4.30. The highest BCUT2D eigenvalue weighted by molar-refractivity contribution is 9.10. The summed E-state index contributed by atoms with van der Waals surface area (Å²) in [5, 5.41) is 7.10. The Morgan fingerprint density at radius 3 is 2.59 bits per heavy atom. The number of rotatable bonds is 5. The van der Waals surface area contributed by atoms with Gasteiger partial charge in [0.1, 0.15) is 11.4 Å². The minimum absolute atomic E-state index is 0.108. The first kappa shape index (κ1) is 16.7. The predicted octanol–water partition coefficient (Wildman–Crippen LogP) is 2.90. The van der Waals surface area contributed by atoms with Gasteiger partial charge < -0.3 is 10.6 Å². The van der Waals surface area contributed by atoms with E-state index in [0.717, 1.165) is 11.3 Å². The van der Waals surface area contributed by atoms with Crippen LogP contribution in [0.1, 0.15) is 24.3 Å². The van der Waals surface area contributed by atoms with Gasteiger partial charge in [-0.1, -0.05) is 44.2 Å². The van der Waals surface area contributed by atoms with E-state index in [0.29, 0.717) is 23.3 Å². The number of amides is 1. The molecule has 2 rings (SSSR count). The molecule has 1 aromatic heterocycles. The standard InChI is InChI=1S/C16H21BrN4O/c1-16(2,9-18)10-21(3)15(22)14-12(17)13(19-20-14)11-7-5-4-6-8-11/h4-8H,9-10,18H2,1-3H3,(H,19,20). The van der Waals surface area contributed by atoms with Crippen molar-refractivity contribution in [1.29, 1.82) is 0 Å². The first-order valence-electron chi connectivity index (χ1n) is 7.10. The molecule has 2 aromatic rings. The fourth-order valence-corrected chi connectivity index (χ4v) is 2.80. The zero-order valence-corrected chi connectivity index (χ0v) is 14.6. The van der Waals surface area contributed by atoms with Crippen LogP contribution in [-0.4, -0.2) is 41.1 Å². The molecular formula is C16H21BrN4O. The quantitative estimate of drug-likeness (QED) is 0.856. The van der Waals surface area contributed by atoms with Crippen molar-refractivity contribution in [2.45, 2.75) is 13.8 Å². The highest BCUT2D eigenvalue weighted by Gasteiger charge is 2.25. The smallest absolute Gasteiger partial charge is 0.272 e. The largest absolute Gasteiger partial charge is 0.340 e. The third kappa shape index (κ3) is 3.56. The number of nitrogens with one attached hydrogen (secondary N) is 1. The number of benzene rings is 1. The van der Waals surface area contributed by atoms with Crippen LogP contribution in [0.3, 0.4) is 0 Å². The predicted molar refractivity (Wildman–Crippen MR) is 91.5 cm³/mol. The Balaban J connectivity index is 2.23. The van der Waals surface area contributed by atoms with Gasteiger partial charge in [-0.15, -0.1) is 0 Å². The van der Waals surface area contributed by atoms with Crippen LogP contribution >= 0.6 is 15.9 Å². The fraction of sp³-hybridized carbons (Fsp3) is 0.375. The second kappa shape index (κ2) is 6.62. The van der Waals surface area contributed by atoms with Crippen molar-refractivity contribution in [2.75, 3.05) is 20.1 Å². The normalized spacial score (nSPS) is 11.5. The molecule has 0 radical (unpaired) electrons. The molecular weight excluding hydrogens is 344 g/mol. The molecule has 0 fully saturated rings. The summed E-state index contributed by atoms with van der Waals surface area (Å²) in [7, 11) is 1.77. The molecule has 1 heterocycles. The zero-order chi connectivity index (χ0) is 16.3. The van der Waals surface area contributed by atoms with Crippen molar-refractivity contribution in [3.63, 3.8) is 0 Å². The molecule has 0 atom stereocenters. The lowest BCUT2D eigenvalue weighted by molar-refractivity contribution is 0.0734. The number of carbonyl (C=O) groups excluding carboxylic acids is 1. The van der Waals surface area contributed by atoms with Crippen LogP contribution in [0.4, 0.5) is 0 Å². The van der Waals surface area contributed by atoms with Crippen molar-refractivity contribution in [3.8, 4) is 11.3 Å². The molecule has 0 spiro atoms. The van der Waals surface area contributed by atoms with Crippen molar-refractivity contribution >= 4 is 21.8 Å². The van der Waals surface area contributed by atoms with E-state index in [1.54, 1.807) is 11.9 Å². The van der Waals surface area contributed by atoms with E-state index < -0.39 is 0 Å². The summed E-state index contributed by atoms with van der Waals surface area (Å²) in [6, 6.07) is 9.73. The van der Waals surface area contributed by atoms with Gasteiger partial charge in [0.25, 0.3) is 5.91 Å². The number of carbonyl (C=O) groups is 1. The molecule has 6 heteroatoms. The first-order chi connectivity index (χ1) is 10.4. The fourth-order valence-electron chi connectivity index (χ4n) is 2.23. The van der Waals surface area contributed by atoms with Gasteiger partial charge in [-0.3, -0.25) is 9.89 Å². The lowest BCUT2D eigenvalue weighted by Gasteiger charge is -2.28. The van der Waals surface area contributed by atoms with Gasteiger partial charge in [-0.2, -0.15) is 5.10 Å². The molecule has 0 saturated heterocycles. The molecule has 5 nitrogen and oxygen atoms in total. The monoisotopic (exact) mass is 364 g/mol. The van der Waals surface area contributed by atoms with Crippen LogP contribution in [0.2, 0.25) is 0 Å². The van der Waals surface area contributed by atoms with E-state index in [-0.39, 0.29) is 11.3 Å². The number of aromatic nitrogens is 2. The molecule has 3 N–H and O–H groups in total. The number of halogens is 1. The molecule has 22 heavy (non-hydrogen) atoms. The summed E-state index contributed by atoms with van der Waals surface area (Å²) in [6.45, 7) is 5.17. The van der Waals surface area contributed by atoms with Crippen molar-refractivity contribution < 1.29 is 4.79 Å². The molecule has 1 aromatic carbocycles. The minimum Gasteiger partial charge on any atom is -0.340 e. The minimum atomic E-state index is -0.126. The number of H-pyrrole nitrogens is 1. The number of aromatic amines is 1. The maximum atomic E-state index is 12.6. The average molecular weight is 365 g/mol. The second-order valence-corrected chi connectivity index (χ2v) is 6.95. The maximum Gasteiger partial charge on any atom is 0.272 e. The number of nitrogens with two attached hydrogens (primary N) is 1. The lowest BCUT2D eigenvalue weighted by Crippen LogP contribution is -2.40. The summed E-state index contributed by atoms with van der Waals surface area (Å²) < 4.78 is 0.682. The van der Waals surface area contributed by atoms with Crippen LogP contribution in [0, 0.1) is 5.41 Å². The van der Waals surface area contributed by atoms with E-state index in [4.69, 9.17) is 5.73 Å². The van der Waals surface area contributed by atoms with E-state index in [9.17, 15) is 4.79 Å². The Kier molecular flexibility index (Phi) is 5.03. The topological polar surface area (TPSA) is 75.0 Å². The second-order valence-electron chi connectivity index (χ2n) is 6.16. The Labute approximate surface area is 139 Å². The molecule has 0 aliphatic carbocycles. The van der Waals surface area contributed by atoms with Crippen molar-refractivity contribution in [1.82, 2.24) is 15.1 Å². The summed E-state index contributed by atoms with van der Waals surface area (Å²) in [6.07, 6.45) is 0. The van der Waals surface area contributed by atoms with Gasteiger partial charge in [-0.05, 0) is 27.9 Å².